The summed E-state index contributed by atoms with van der Waals surface area (Å²) in [4.78, 5) is 8.18. The van der Waals surface area contributed by atoms with Gasteiger partial charge in [0, 0.05) is 26.2 Å². The molecule has 0 aromatic rings. The molecule has 144 valence electrons. The highest BCUT2D eigenvalue weighted by molar-refractivity contribution is 14.0. The van der Waals surface area contributed by atoms with Crippen LogP contribution in [0, 0.1) is 11.8 Å². The number of likely N-dealkylation sites (tertiary alicyclic amines) is 1. The summed E-state index contributed by atoms with van der Waals surface area (Å²) >= 11 is 0. The first-order valence-electron chi connectivity index (χ1n) is 8.49. The van der Waals surface area contributed by atoms with Crippen molar-refractivity contribution in [3.8, 4) is 0 Å². The molecule has 1 aliphatic rings. The Labute approximate surface area is 161 Å². The molecular formula is C16H32F3IN4. The number of guanidine groups is 1. The molecule has 2 atom stereocenters. The van der Waals surface area contributed by atoms with E-state index in [4.69, 9.17) is 0 Å². The number of nitrogens with one attached hydrogen (secondary N) is 1. The van der Waals surface area contributed by atoms with E-state index in [0.717, 1.165) is 25.6 Å². The van der Waals surface area contributed by atoms with Crippen molar-refractivity contribution in [3.05, 3.63) is 0 Å². The van der Waals surface area contributed by atoms with Crippen LogP contribution in [0.4, 0.5) is 13.2 Å². The second-order valence-electron chi connectivity index (χ2n) is 6.79. The van der Waals surface area contributed by atoms with Gasteiger partial charge in [-0.3, -0.25) is 9.89 Å². The maximum Gasteiger partial charge on any atom is 0.401 e. The monoisotopic (exact) mass is 464 g/mol. The Morgan fingerprint density at radius 3 is 2.33 bits per heavy atom. The Morgan fingerprint density at radius 1 is 1.25 bits per heavy atom. The molecule has 1 heterocycles. The quantitative estimate of drug-likeness (QED) is 0.283. The first kappa shape index (κ1) is 23.8. The van der Waals surface area contributed by atoms with Crippen LogP contribution >= 0.6 is 24.0 Å². The van der Waals surface area contributed by atoms with Crippen molar-refractivity contribution in [1.29, 1.82) is 0 Å². The molecular weight excluding hydrogens is 432 g/mol. The van der Waals surface area contributed by atoms with Gasteiger partial charge in [0.15, 0.2) is 5.96 Å². The highest BCUT2D eigenvalue weighted by Crippen LogP contribution is 2.21. The summed E-state index contributed by atoms with van der Waals surface area (Å²) in [5, 5.41) is 3.30. The molecule has 24 heavy (non-hydrogen) atoms. The number of piperidine rings is 1. The number of nitrogens with zero attached hydrogens (tertiary/aromatic N) is 3. The Bertz CT molecular complexity index is 367. The highest BCUT2D eigenvalue weighted by atomic mass is 127. The van der Waals surface area contributed by atoms with Gasteiger partial charge < -0.3 is 10.2 Å². The predicted molar refractivity (Wildman–Crippen MR) is 104 cm³/mol. The molecule has 1 fully saturated rings. The summed E-state index contributed by atoms with van der Waals surface area (Å²) in [6.45, 7) is 9.39. The van der Waals surface area contributed by atoms with Crippen LogP contribution in [-0.4, -0.2) is 68.3 Å². The minimum absolute atomic E-state index is 0. The van der Waals surface area contributed by atoms with E-state index in [0.29, 0.717) is 31.3 Å². The molecule has 0 bridgehead atoms. The standard InChI is InChI=1S/C16H31F3N4.HI/c1-5-20-15(23-10-13(2)9-14(3)11-23)21-7-6-8-22(4)12-16(17,18)19;/h13-14H,5-12H2,1-4H3,(H,20,21);1H. The van der Waals surface area contributed by atoms with Crippen LogP contribution in [0.2, 0.25) is 0 Å². The maximum atomic E-state index is 12.3. The average molecular weight is 464 g/mol. The molecule has 1 rings (SSSR count). The topological polar surface area (TPSA) is 30.9 Å². The fourth-order valence-corrected chi connectivity index (χ4v) is 3.17. The SMILES string of the molecule is CCNC(=NCCCN(C)CC(F)(F)F)N1CC(C)CC(C)C1.I. The van der Waals surface area contributed by atoms with Crippen LogP contribution in [-0.2, 0) is 0 Å². The fraction of sp³-hybridized carbons (Fsp3) is 0.938. The lowest BCUT2D eigenvalue weighted by Gasteiger charge is -2.37. The minimum Gasteiger partial charge on any atom is -0.357 e. The van der Waals surface area contributed by atoms with Crippen molar-refractivity contribution >= 4 is 29.9 Å². The molecule has 1 N–H and O–H groups in total. The molecule has 0 spiro atoms. The highest BCUT2D eigenvalue weighted by Gasteiger charge is 2.28. The van der Waals surface area contributed by atoms with E-state index in [1.165, 1.54) is 18.4 Å². The van der Waals surface area contributed by atoms with Crippen LogP contribution < -0.4 is 5.32 Å². The van der Waals surface area contributed by atoms with Crippen LogP contribution in [0.5, 0.6) is 0 Å². The van der Waals surface area contributed by atoms with E-state index < -0.39 is 12.7 Å². The molecule has 1 saturated heterocycles. The largest absolute Gasteiger partial charge is 0.401 e. The van der Waals surface area contributed by atoms with Gasteiger partial charge in [-0.25, -0.2) is 0 Å². The second-order valence-corrected chi connectivity index (χ2v) is 6.79. The van der Waals surface area contributed by atoms with Crippen molar-refractivity contribution in [2.24, 2.45) is 16.8 Å². The third-order valence-electron chi connectivity index (χ3n) is 3.91. The Morgan fingerprint density at radius 2 is 1.83 bits per heavy atom. The fourth-order valence-electron chi connectivity index (χ4n) is 3.17. The van der Waals surface area contributed by atoms with Gasteiger partial charge in [0.25, 0.3) is 0 Å². The molecule has 0 aromatic carbocycles. The minimum atomic E-state index is -4.13. The summed E-state index contributed by atoms with van der Waals surface area (Å²) in [5.41, 5.74) is 0. The van der Waals surface area contributed by atoms with E-state index >= 15 is 0 Å². The number of halogens is 4. The number of hydrogen-bond acceptors (Lipinski definition) is 2. The number of rotatable bonds is 6. The molecule has 0 radical (unpaired) electrons. The van der Waals surface area contributed by atoms with Crippen molar-refractivity contribution in [2.45, 2.75) is 39.8 Å². The van der Waals surface area contributed by atoms with Crippen LogP contribution in [0.25, 0.3) is 0 Å². The summed E-state index contributed by atoms with van der Waals surface area (Å²) in [6.07, 6.45) is -2.27. The zero-order chi connectivity index (χ0) is 17.5. The van der Waals surface area contributed by atoms with Crippen molar-refractivity contribution < 1.29 is 13.2 Å². The van der Waals surface area contributed by atoms with Crippen molar-refractivity contribution in [1.82, 2.24) is 15.1 Å². The first-order valence-corrected chi connectivity index (χ1v) is 8.49. The maximum absolute atomic E-state index is 12.3. The molecule has 1 aliphatic heterocycles. The lowest BCUT2D eigenvalue weighted by molar-refractivity contribution is -0.143. The second kappa shape index (κ2) is 11.4. The Balaban J connectivity index is 0.00000529. The predicted octanol–water partition coefficient (Wildman–Crippen LogP) is 3.43. The lowest BCUT2D eigenvalue weighted by atomic mass is 9.92. The van der Waals surface area contributed by atoms with Gasteiger partial charge in [0.2, 0.25) is 0 Å². The molecule has 8 heteroatoms. The first-order chi connectivity index (χ1) is 10.7. The van der Waals surface area contributed by atoms with Gasteiger partial charge >= 0.3 is 6.18 Å². The number of aliphatic imine (C=N–C) groups is 1. The molecule has 0 aliphatic carbocycles. The lowest BCUT2D eigenvalue weighted by Crippen LogP contribution is -2.48. The number of hydrogen-bond donors (Lipinski definition) is 1. The summed E-state index contributed by atoms with van der Waals surface area (Å²) < 4.78 is 36.8. The van der Waals surface area contributed by atoms with Gasteiger partial charge in [-0.05, 0) is 45.2 Å². The van der Waals surface area contributed by atoms with E-state index in [-0.39, 0.29) is 24.0 Å². The van der Waals surface area contributed by atoms with Crippen molar-refractivity contribution in [3.63, 3.8) is 0 Å². The average Bonchev–Trinajstić information content (AvgIpc) is 2.39. The Hall–Kier alpha value is -0.250. The molecule has 2 unspecified atom stereocenters. The van der Waals surface area contributed by atoms with Crippen LogP contribution in [0.3, 0.4) is 0 Å². The van der Waals surface area contributed by atoms with Gasteiger partial charge in [0.1, 0.15) is 0 Å². The van der Waals surface area contributed by atoms with E-state index in [2.05, 4.69) is 29.1 Å². The van der Waals surface area contributed by atoms with Crippen molar-refractivity contribution in [2.75, 3.05) is 46.3 Å². The number of alkyl halides is 3. The van der Waals surface area contributed by atoms with E-state index in [9.17, 15) is 13.2 Å². The van der Waals surface area contributed by atoms with Crippen LogP contribution in [0.15, 0.2) is 4.99 Å². The zero-order valence-corrected chi connectivity index (χ0v) is 17.5. The molecule has 0 saturated carbocycles. The zero-order valence-electron chi connectivity index (χ0n) is 15.2. The third-order valence-corrected chi connectivity index (χ3v) is 3.91. The van der Waals surface area contributed by atoms with Gasteiger partial charge in [0.05, 0.1) is 6.54 Å². The third kappa shape index (κ3) is 9.90. The van der Waals surface area contributed by atoms with Gasteiger partial charge in [-0.2, -0.15) is 13.2 Å². The van der Waals surface area contributed by atoms with Crippen LogP contribution in [0.1, 0.15) is 33.6 Å². The summed E-state index contributed by atoms with van der Waals surface area (Å²) in [7, 11) is 1.50. The smallest absolute Gasteiger partial charge is 0.357 e. The summed E-state index contributed by atoms with van der Waals surface area (Å²) in [6, 6.07) is 0. The van der Waals surface area contributed by atoms with E-state index in [1.54, 1.807) is 0 Å². The molecule has 0 amide bonds. The Kier molecular flexibility index (Phi) is 11.3. The van der Waals surface area contributed by atoms with Gasteiger partial charge in [-0.15, -0.1) is 24.0 Å². The van der Waals surface area contributed by atoms with Gasteiger partial charge in [-0.1, -0.05) is 13.8 Å². The molecule has 0 aromatic heterocycles. The van der Waals surface area contributed by atoms with E-state index in [1.807, 2.05) is 6.92 Å². The summed E-state index contributed by atoms with van der Waals surface area (Å²) in [5.74, 6) is 2.17. The normalized spacial score (nSPS) is 22.5. The molecule has 4 nitrogen and oxygen atoms in total.